The summed E-state index contributed by atoms with van der Waals surface area (Å²) in [5.74, 6) is 0. The summed E-state index contributed by atoms with van der Waals surface area (Å²) < 4.78 is 0. The van der Waals surface area contributed by atoms with Crippen LogP contribution >= 0.6 is 0 Å². The van der Waals surface area contributed by atoms with Gasteiger partial charge in [-0.1, -0.05) is 0 Å². The third kappa shape index (κ3) is 1.58. The van der Waals surface area contributed by atoms with E-state index in [0.29, 0.717) is 5.57 Å². The van der Waals surface area contributed by atoms with Crippen LogP contribution in [0.5, 0.6) is 0 Å². The number of likely N-dealkylation sites (N-methyl/N-ethyl adjacent to an activating group) is 1. The van der Waals surface area contributed by atoms with Gasteiger partial charge in [0.15, 0.2) is 0 Å². The summed E-state index contributed by atoms with van der Waals surface area (Å²) in [5, 5.41) is 17.0. The lowest BCUT2D eigenvalue weighted by molar-refractivity contribution is 0.425. The first-order valence-electron chi connectivity index (χ1n) is 3.48. The van der Waals surface area contributed by atoms with E-state index in [1.807, 2.05) is 19.2 Å². The van der Waals surface area contributed by atoms with Crippen molar-refractivity contribution in [2.75, 3.05) is 20.1 Å². The third-order valence-electron chi connectivity index (χ3n) is 1.83. The first kappa shape index (κ1) is 7.78. The van der Waals surface area contributed by atoms with Gasteiger partial charge in [-0.15, -0.1) is 0 Å². The molecule has 3 heteroatoms. The second-order valence-electron chi connectivity index (χ2n) is 2.69. The van der Waals surface area contributed by atoms with Crippen LogP contribution in [0.4, 0.5) is 0 Å². The molecule has 0 bridgehead atoms. The molecule has 0 radical (unpaired) electrons. The molecule has 1 heterocycles. The van der Waals surface area contributed by atoms with Gasteiger partial charge in [0, 0.05) is 13.1 Å². The fraction of sp³-hybridized carbons (Fsp3) is 0.500. The molecule has 0 aromatic rings. The van der Waals surface area contributed by atoms with Crippen molar-refractivity contribution in [2.45, 2.75) is 6.42 Å². The molecule has 1 aliphatic rings. The van der Waals surface area contributed by atoms with Crippen molar-refractivity contribution in [3.63, 3.8) is 0 Å². The van der Waals surface area contributed by atoms with E-state index in [4.69, 9.17) is 10.5 Å². The van der Waals surface area contributed by atoms with Gasteiger partial charge in [-0.2, -0.15) is 10.5 Å². The molecule has 0 aliphatic carbocycles. The Hall–Kier alpha value is -1.32. The minimum Gasteiger partial charge on any atom is -0.302 e. The third-order valence-corrected chi connectivity index (χ3v) is 1.83. The van der Waals surface area contributed by atoms with Gasteiger partial charge in [0.1, 0.15) is 17.7 Å². The van der Waals surface area contributed by atoms with Crippen LogP contribution in [0, 0.1) is 22.7 Å². The first-order chi connectivity index (χ1) is 5.27. The lowest BCUT2D eigenvalue weighted by Gasteiger charge is -2.02. The zero-order valence-corrected chi connectivity index (χ0v) is 6.46. The SMILES string of the molecule is CN1CCC(=C(C#N)C#N)C1. The van der Waals surface area contributed by atoms with Gasteiger partial charge in [0.2, 0.25) is 0 Å². The zero-order chi connectivity index (χ0) is 8.27. The Balaban J connectivity index is 2.83. The summed E-state index contributed by atoms with van der Waals surface area (Å²) >= 11 is 0. The molecule has 0 aromatic heterocycles. The maximum absolute atomic E-state index is 8.52. The normalized spacial score (nSPS) is 17.5. The van der Waals surface area contributed by atoms with E-state index >= 15 is 0 Å². The van der Waals surface area contributed by atoms with Crippen LogP contribution < -0.4 is 0 Å². The van der Waals surface area contributed by atoms with E-state index < -0.39 is 0 Å². The molecule has 0 amide bonds. The second kappa shape index (κ2) is 3.18. The molecule has 0 atom stereocenters. The highest BCUT2D eigenvalue weighted by molar-refractivity contribution is 5.41. The Kier molecular flexibility index (Phi) is 2.25. The largest absolute Gasteiger partial charge is 0.302 e. The summed E-state index contributed by atoms with van der Waals surface area (Å²) in [7, 11) is 1.99. The highest BCUT2D eigenvalue weighted by Gasteiger charge is 2.15. The maximum Gasteiger partial charge on any atom is 0.130 e. The number of nitriles is 2. The highest BCUT2D eigenvalue weighted by atomic mass is 15.1. The zero-order valence-electron chi connectivity index (χ0n) is 6.46. The van der Waals surface area contributed by atoms with Crippen molar-refractivity contribution in [3.05, 3.63) is 11.1 Å². The van der Waals surface area contributed by atoms with E-state index in [1.54, 1.807) is 0 Å². The second-order valence-corrected chi connectivity index (χ2v) is 2.69. The predicted molar refractivity (Wildman–Crippen MR) is 40.4 cm³/mol. The van der Waals surface area contributed by atoms with Crippen LogP contribution in [0.1, 0.15) is 6.42 Å². The molecule has 1 aliphatic heterocycles. The summed E-state index contributed by atoms with van der Waals surface area (Å²) in [6.07, 6.45) is 0.868. The number of likely N-dealkylation sites (tertiary alicyclic amines) is 1. The van der Waals surface area contributed by atoms with Gasteiger partial charge in [0.05, 0.1) is 0 Å². The van der Waals surface area contributed by atoms with Crippen molar-refractivity contribution >= 4 is 0 Å². The summed E-state index contributed by atoms with van der Waals surface area (Å²) in [5.41, 5.74) is 1.28. The van der Waals surface area contributed by atoms with Crippen molar-refractivity contribution in [1.29, 1.82) is 10.5 Å². The topological polar surface area (TPSA) is 50.8 Å². The summed E-state index contributed by atoms with van der Waals surface area (Å²) in [6.45, 7) is 1.73. The Labute approximate surface area is 66.1 Å². The van der Waals surface area contributed by atoms with E-state index in [2.05, 4.69) is 4.90 Å². The van der Waals surface area contributed by atoms with E-state index in [1.165, 1.54) is 0 Å². The summed E-state index contributed by atoms with van der Waals surface area (Å²) in [6, 6.07) is 3.81. The smallest absolute Gasteiger partial charge is 0.130 e. The molecule has 1 fully saturated rings. The van der Waals surface area contributed by atoms with Gasteiger partial charge < -0.3 is 4.90 Å². The van der Waals surface area contributed by atoms with E-state index in [9.17, 15) is 0 Å². The minimum absolute atomic E-state index is 0.300. The quantitative estimate of drug-likeness (QED) is 0.473. The molecule has 56 valence electrons. The number of rotatable bonds is 0. The van der Waals surface area contributed by atoms with Gasteiger partial charge >= 0.3 is 0 Å². The van der Waals surface area contributed by atoms with Crippen LogP contribution in [0.2, 0.25) is 0 Å². The molecule has 1 saturated heterocycles. The van der Waals surface area contributed by atoms with Crippen molar-refractivity contribution in [1.82, 2.24) is 4.90 Å². The Morgan fingerprint density at radius 2 is 2.09 bits per heavy atom. The lowest BCUT2D eigenvalue weighted by Crippen LogP contribution is -2.11. The van der Waals surface area contributed by atoms with Crippen molar-refractivity contribution in [2.24, 2.45) is 0 Å². The average molecular weight is 147 g/mol. The number of hydrogen-bond donors (Lipinski definition) is 0. The molecule has 0 N–H and O–H groups in total. The molecule has 0 aromatic carbocycles. The molecule has 0 spiro atoms. The fourth-order valence-corrected chi connectivity index (χ4v) is 1.20. The summed E-state index contributed by atoms with van der Waals surface area (Å²) in [4.78, 5) is 2.10. The van der Waals surface area contributed by atoms with Gasteiger partial charge in [-0.3, -0.25) is 0 Å². The van der Waals surface area contributed by atoms with Crippen molar-refractivity contribution < 1.29 is 0 Å². The van der Waals surface area contributed by atoms with Crippen LogP contribution in [0.3, 0.4) is 0 Å². The van der Waals surface area contributed by atoms with Gasteiger partial charge in [-0.25, -0.2) is 0 Å². The van der Waals surface area contributed by atoms with Gasteiger partial charge in [0.25, 0.3) is 0 Å². The number of allylic oxidation sites excluding steroid dienone is 1. The Morgan fingerprint density at radius 1 is 1.45 bits per heavy atom. The first-order valence-corrected chi connectivity index (χ1v) is 3.48. The van der Waals surface area contributed by atoms with Crippen molar-refractivity contribution in [3.8, 4) is 12.1 Å². The molecule has 3 nitrogen and oxygen atoms in total. The van der Waals surface area contributed by atoms with E-state index in [-0.39, 0.29) is 0 Å². The minimum atomic E-state index is 0.300. The molecule has 11 heavy (non-hydrogen) atoms. The lowest BCUT2D eigenvalue weighted by atomic mass is 10.1. The fourth-order valence-electron chi connectivity index (χ4n) is 1.20. The standard InChI is InChI=1S/C8H9N3/c1-11-3-2-7(6-11)8(4-9)5-10/h2-3,6H2,1H3. The van der Waals surface area contributed by atoms with Gasteiger partial charge in [-0.05, 0) is 19.0 Å². The van der Waals surface area contributed by atoms with Crippen LogP contribution in [0.25, 0.3) is 0 Å². The monoisotopic (exact) mass is 147 g/mol. The van der Waals surface area contributed by atoms with E-state index in [0.717, 1.165) is 25.1 Å². The molecule has 0 saturated carbocycles. The van der Waals surface area contributed by atoms with Crippen LogP contribution in [-0.2, 0) is 0 Å². The molecular weight excluding hydrogens is 138 g/mol. The number of hydrogen-bond acceptors (Lipinski definition) is 3. The number of nitrogens with zero attached hydrogens (tertiary/aromatic N) is 3. The Bertz CT molecular complexity index is 248. The molecular formula is C8H9N3. The Morgan fingerprint density at radius 3 is 2.45 bits per heavy atom. The predicted octanol–water partition coefficient (Wildman–Crippen LogP) is 0.666. The average Bonchev–Trinajstić information content (AvgIpc) is 2.39. The highest BCUT2D eigenvalue weighted by Crippen LogP contribution is 2.16. The van der Waals surface area contributed by atoms with Crippen LogP contribution in [-0.4, -0.2) is 25.0 Å². The van der Waals surface area contributed by atoms with Crippen LogP contribution in [0.15, 0.2) is 11.1 Å². The molecule has 1 rings (SSSR count). The maximum atomic E-state index is 8.52. The molecule has 0 unspecified atom stereocenters.